The number of anilines is 1. The number of hydrogen-bond donors (Lipinski definition) is 2. The molecule has 2 amide bonds. The third-order valence-electron chi connectivity index (χ3n) is 4.86. The molecule has 11 heteroatoms. The highest BCUT2D eigenvalue weighted by Gasteiger charge is 2.27. The molecule has 31 heavy (non-hydrogen) atoms. The number of aryl methyl sites for hydroxylation is 2. The number of aromatic nitrogens is 2. The fourth-order valence-electron chi connectivity index (χ4n) is 3.19. The molecule has 0 bridgehead atoms. The SMILES string of the molecule is CN=C(NCCNC(=O)c1ccc(C)c(F)c1)N1CCN(c2cnn(C)c2)C(=O)C1.I. The van der Waals surface area contributed by atoms with Gasteiger partial charge in [0.05, 0.1) is 11.9 Å². The Hall–Kier alpha value is -2.70. The monoisotopic (exact) mass is 543 g/mol. The molecule has 2 N–H and O–H groups in total. The summed E-state index contributed by atoms with van der Waals surface area (Å²) in [5.74, 6) is -0.195. The molecule has 1 aliphatic rings. The van der Waals surface area contributed by atoms with Crippen LogP contribution in [0.2, 0.25) is 0 Å². The summed E-state index contributed by atoms with van der Waals surface area (Å²) >= 11 is 0. The molecule has 0 aliphatic carbocycles. The van der Waals surface area contributed by atoms with Gasteiger partial charge in [-0.05, 0) is 24.6 Å². The maximum atomic E-state index is 13.6. The van der Waals surface area contributed by atoms with E-state index in [9.17, 15) is 14.0 Å². The van der Waals surface area contributed by atoms with Gasteiger partial charge in [-0.3, -0.25) is 19.3 Å². The Bertz CT molecular complexity index is 963. The van der Waals surface area contributed by atoms with Crippen molar-refractivity contribution in [2.24, 2.45) is 12.0 Å². The first-order valence-corrected chi connectivity index (χ1v) is 9.68. The van der Waals surface area contributed by atoms with E-state index in [4.69, 9.17) is 0 Å². The molecule has 0 unspecified atom stereocenters. The zero-order chi connectivity index (χ0) is 21.7. The number of amides is 2. The zero-order valence-electron chi connectivity index (χ0n) is 17.8. The lowest BCUT2D eigenvalue weighted by Crippen LogP contribution is -2.55. The third kappa shape index (κ3) is 6.15. The number of carbonyl (C=O) groups excluding carboxylic acids is 2. The first kappa shape index (κ1) is 24.6. The second-order valence-electron chi connectivity index (χ2n) is 7.03. The fraction of sp³-hybridized carbons (Fsp3) is 0.400. The molecule has 3 rings (SSSR count). The normalized spacial score (nSPS) is 14.3. The van der Waals surface area contributed by atoms with Crippen LogP contribution >= 0.6 is 24.0 Å². The maximum Gasteiger partial charge on any atom is 0.251 e. The van der Waals surface area contributed by atoms with E-state index >= 15 is 0 Å². The number of guanidine groups is 1. The van der Waals surface area contributed by atoms with Gasteiger partial charge in [0.15, 0.2) is 5.96 Å². The first-order valence-electron chi connectivity index (χ1n) is 9.68. The quantitative estimate of drug-likeness (QED) is 0.256. The average molecular weight is 543 g/mol. The van der Waals surface area contributed by atoms with Crippen molar-refractivity contribution in [2.75, 3.05) is 44.7 Å². The lowest BCUT2D eigenvalue weighted by atomic mass is 10.1. The van der Waals surface area contributed by atoms with Gasteiger partial charge in [0, 0.05) is 52.0 Å². The van der Waals surface area contributed by atoms with Crippen molar-refractivity contribution in [2.45, 2.75) is 6.92 Å². The summed E-state index contributed by atoms with van der Waals surface area (Å²) in [6.45, 7) is 3.74. The Morgan fingerprint density at radius 1 is 1.26 bits per heavy atom. The van der Waals surface area contributed by atoms with Crippen molar-refractivity contribution in [1.29, 1.82) is 0 Å². The molecular weight excluding hydrogens is 516 g/mol. The van der Waals surface area contributed by atoms with E-state index in [0.717, 1.165) is 5.69 Å². The highest BCUT2D eigenvalue weighted by molar-refractivity contribution is 14.0. The van der Waals surface area contributed by atoms with Crippen molar-refractivity contribution >= 4 is 47.4 Å². The van der Waals surface area contributed by atoms with Crippen LogP contribution in [0.5, 0.6) is 0 Å². The minimum atomic E-state index is -0.406. The number of nitrogens with one attached hydrogen (secondary N) is 2. The summed E-state index contributed by atoms with van der Waals surface area (Å²) in [6.07, 6.45) is 3.48. The molecule has 1 aromatic carbocycles. The van der Waals surface area contributed by atoms with Crippen LogP contribution in [0.3, 0.4) is 0 Å². The van der Waals surface area contributed by atoms with Crippen LogP contribution in [0.4, 0.5) is 10.1 Å². The average Bonchev–Trinajstić information content (AvgIpc) is 3.15. The van der Waals surface area contributed by atoms with Gasteiger partial charge in [-0.2, -0.15) is 5.10 Å². The van der Waals surface area contributed by atoms with Crippen LogP contribution in [-0.4, -0.2) is 72.2 Å². The summed E-state index contributed by atoms with van der Waals surface area (Å²) in [7, 11) is 3.46. The van der Waals surface area contributed by atoms with Crippen LogP contribution in [-0.2, 0) is 11.8 Å². The van der Waals surface area contributed by atoms with Gasteiger partial charge < -0.3 is 20.4 Å². The smallest absolute Gasteiger partial charge is 0.251 e. The Morgan fingerprint density at radius 3 is 2.61 bits per heavy atom. The van der Waals surface area contributed by atoms with Crippen LogP contribution < -0.4 is 15.5 Å². The fourth-order valence-corrected chi connectivity index (χ4v) is 3.19. The number of benzene rings is 1. The van der Waals surface area contributed by atoms with Gasteiger partial charge in [0.25, 0.3) is 5.91 Å². The largest absolute Gasteiger partial charge is 0.354 e. The lowest BCUT2D eigenvalue weighted by Gasteiger charge is -2.35. The molecule has 0 radical (unpaired) electrons. The summed E-state index contributed by atoms with van der Waals surface area (Å²) in [5, 5.41) is 10.00. The number of halogens is 2. The molecule has 0 spiro atoms. The van der Waals surface area contributed by atoms with Crippen molar-refractivity contribution in [3.8, 4) is 0 Å². The van der Waals surface area contributed by atoms with Gasteiger partial charge in [-0.15, -0.1) is 24.0 Å². The van der Waals surface area contributed by atoms with E-state index < -0.39 is 5.82 Å². The predicted molar refractivity (Wildman–Crippen MR) is 127 cm³/mol. The van der Waals surface area contributed by atoms with Crippen LogP contribution in [0, 0.1) is 12.7 Å². The Morgan fingerprint density at radius 2 is 2.00 bits per heavy atom. The highest BCUT2D eigenvalue weighted by Crippen LogP contribution is 2.16. The Labute approximate surface area is 197 Å². The second kappa shape index (κ2) is 11.1. The predicted octanol–water partition coefficient (Wildman–Crippen LogP) is 1.14. The standard InChI is InChI=1S/C20H26FN7O2.HI/c1-14-4-5-15(10-17(14)21)19(30)23-6-7-24-20(22-2)27-8-9-28(18(29)13-27)16-11-25-26(3)12-16;/h4-5,10-12H,6-9,13H2,1-3H3,(H,22,24)(H,23,30);1H. The molecule has 2 aromatic rings. The van der Waals surface area contributed by atoms with Crippen LogP contribution in [0.15, 0.2) is 35.6 Å². The van der Waals surface area contributed by atoms with Gasteiger partial charge in [0.2, 0.25) is 5.91 Å². The highest BCUT2D eigenvalue weighted by atomic mass is 127. The topological polar surface area (TPSA) is 94.9 Å². The van der Waals surface area contributed by atoms with E-state index in [1.807, 2.05) is 18.1 Å². The van der Waals surface area contributed by atoms with Crippen molar-refractivity contribution in [1.82, 2.24) is 25.3 Å². The Kier molecular flexibility index (Phi) is 8.77. The zero-order valence-corrected chi connectivity index (χ0v) is 20.1. The summed E-state index contributed by atoms with van der Waals surface area (Å²) in [6, 6.07) is 4.39. The third-order valence-corrected chi connectivity index (χ3v) is 4.86. The summed E-state index contributed by atoms with van der Waals surface area (Å²) in [5.41, 5.74) is 1.55. The number of rotatable bonds is 5. The number of aliphatic imine (C=N–C) groups is 1. The molecule has 1 aromatic heterocycles. The van der Waals surface area contributed by atoms with Crippen LogP contribution in [0.25, 0.3) is 0 Å². The Balaban J connectivity index is 0.00000341. The molecule has 1 aliphatic heterocycles. The van der Waals surface area contributed by atoms with E-state index in [2.05, 4.69) is 20.7 Å². The molecule has 2 heterocycles. The second-order valence-corrected chi connectivity index (χ2v) is 7.03. The van der Waals surface area contributed by atoms with E-state index in [0.29, 0.717) is 37.7 Å². The molecular formula is C20H27FIN7O2. The van der Waals surface area contributed by atoms with Gasteiger partial charge >= 0.3 is 0 Å². The lowest BCUT2D eigenvalue weighted by molar-refractivity contribution is -0.120. The maximum absolute atomic E-state index is 13.6. The van der Waals surface area contributed by atoms with Gasteiger partial charge in [-0.1, -0.05) is 6.07 Å². The number of nitrogens with zero attached hydrogens (tertiary/aromatic N) is 5. The number of carbonyl (C=O) groups is 2. The summed E-state index contributed by atoms with van der Waals surface area (Å²) < 4.78 is 15.3. The van der Waals surface area contributed by atoms with Crippen molar-refractivity contribution < 1.29 is 14.0 Å². The van der Waals surface area contributed by atoms with Crippen LogP contribution in [0.1, 0.15) is 15.9 Å². The summed E-state index contributed by atoms with van der Waals surface area (Å²) in [4.78, 5) is 32.5. The number of hydrogen-bond acceptors (Lipinski definition) is 4. The van der Waals surface area contributed by atoms with E-state index in [1.54, 1.807) is 41.9 Å². The van der Waals surface area contributed by atoms with Gasteiger partial charge in [-0.25, -0.2) is 4.39 Å². The molecule has 1 saturated heterocycles. The molecule has 168 valence electrons. The first-order chi connectivity index (χ1) is 14.4. The molecule has 9 nitrogen and oxygen atoms in total. The van der Waals surface area contributed by atoms with Crippen molar-refractivity contribution in [3.05, 3.63) is 47.5 Å². The van der Waals surface area contributed by atoms with E-state index in [-0.39, 0.29) is 47.9 Å². The van der Waals surface area contributed by atoms with Crippen molar-refractivity contribution in [3.63, 3.8) is 0 Å². The molecule has 0 atom stereocenters. The van der Waals surface area contributed by atoms with E-state index in [1.165, 1.54) is 6.07 Å². The minimum Gasteiger partial charge on any atom is -0.354 e. The molecule has 0 saturated carbocycles. The molecule has 1 fully saturated rings. The van der Waals surface area contributed by atoms with Gasteiger partial charge in [0.1, 0.15) is 12.4 Å². The minimum absolute atomic E-state index is 0. The number of piperazine rings is 1.